The van der Waals surface area contributed by atoms with Crippen LogP contribution in [-0.2, 0) is 16.4 Å². The maximum Gasteiger partial charge on any atom is 0.152 e. The number of anilines is 1. The molecular weight excluding hydrogens is 250 g/mol. The highest BCUT2D eigenvalue weighted by atomic mass is 32.2. The Morgan fingerprint density at radius 2 is 2.17 bits per heavy atom. The Bertz CT molecular complexity index is 485. The molecule has 1 aromatic heterocycles. The van der Waals surface area contributed by atoms with E-state index in [2.05, 4.69) is 10.3 Å². The Morgan fingerprint density at radius 3 is 2.83 bits per heavy atom. The first-order valence-corrected chi connectivity index (χ1v) is 7.98. The lowest BCUT2D eigenvalue weighted by Crippen LogP contribution is -2.27. The van der Waals surface area contributed by atoms with Crippen LogP contribution in [0.15, 0.2) is 18.3 Å². The number of aromatic nitrogens is 1. The Morgan fingerprint density at radius 1 is 1.33 bits per heavy atom. The molecule has 1 aliphatic rings. The number of nitrogens with zero attached hydrogens (tertiary/aromatic N) is 2. The molecule has 0 spiro atoms. The van der Waals surface area contributed by atoms with Gasteiger partial charge in [0.15, 0.2) is 9.84 Å². The summed E-state index contributed by atoms with van der Waals surface area (Å²) in [6.45, 7) is 2.10. The first-order valence-electron chi connectivity index (χ1n) is 6.16. The quantitative estimate of drug-likeness (QED) is 0.862. The summed E-state index contributed by atoms with van der Waals surface area (Å²) in [7, 11) is -0.960. The zero-order valence-electron chi connectivity index (χ0n) is 10.6. The molecule has 1 aliphatic heterocycles. The van der Waals surface area contributed by atoms with Crippen molar-refractivity contribution in [2.24, 2.45) is 0 Å². The highest BCUT2D eigenvalue weighted by molar-refractivity contribution is 7.91. The van der Waals surface area contributed by atoms with Crippen LogP contribution in [0.25, 0.3) is 0 Å². The lowest BCUT2D eigenvalue weighted by Gasteiger charge is -2.20. The number of hydrogen-bond donors (Lipinski definition) is 1. The number of sulfone groups is 1. The number of nitrogens with one attached hydrogen (secondary N) is 1. The molecule has 1 fully saturated rings. The van der Waals surface area contributed by atoms with Gasteiger partial charge in [0.1, 0.15) is 5.82 Å². The van der Waals surface area contributed by atoms with Crippen molar-refractivity contribution in [1.82, 2.24) is 10.3 Å². The third-order valence-corrected chi connectivity index (χ3v) is 4.78. The Labute approximate surface area is 108 Å². The van der Waals surface area contributed by atoms with Gasteiger partial charge in [0.05, 0.1) is 11.5 Å². The van der Waals surface area contributed by atoms with Gasteiger partial charge in [-0.2, -0.15) is 0 Å². The zero-order chi connectivity index (χ0) is 13.0. The number of hydrogen-bond acceptors (Lipinski definition) is 5. The maximum absolute atomic E-state index is 11.5. The molecule has 6 heteroatoms. The van der Waals surface area contributed by atoms with Crippen LogP contribution in [0.2, 0.25) is 0 Å². The van der Waals surface area contributed by atoms with Crippen molar-refractivity contribution in [3.8, 4) is 0 Å². The van der Waals surface area contributed by atoms with Crippen LogP contribution in [0.4, 0.5) is 5.82 Å². The Kier molecular flexibility index (Phi) is 4.19. The normalized spacial score (nSPS) is 19.5. The second-order valence-electron chi connectivity index (χ2n) is 4.55. The molecule has 0 aliphatic carbocycles. The van der Waals surface area contributed by atoms with Crippen molar-refractivity contribution in [2.45, 2.75) is 13.0 Å². The molecule has 18 heavy (non-hydrogen) atoms. The van der Waals surface area contributed by atoms with E-state index in [1.807, 2.05) is 30.3 Å². The number of rotatable bonds is 3. The molecule has 0 amide bonds. The summed E-state index contributed by atoms with van der Waals surface area (Å²) >= 11 is 0. The zero-order valence-corrected chi connectivity index (χ0v) is 11.4. The molecule has 1 aromatic rings. The minimum absolute atomic E-state index is 0.229. The molecule has 0 bridgehead atoms. The van der Waals surface area contributed by atoms with Crippen molar-refractivity contribution < 1.29 is 8.42 Å². The van der Waals surface area contributed by atoms with Crippen molar-refractivity contribution >= 4 is 15.7 Å². The molecule has 0 aromatic carbocycles. The minimum atomic E-state index is -2.86. The van der Waals surface area contributed by atoms with Crippen LogP contribution < -0.4 is 10.2 Å². The van der Waals surface area contributed by atoms with Crippen molar-refractivity contribution in [1.29, 1.82) is 0 Å². The van der Waals surface area contributed by atoms with Gasteiger partial charge in [0, 0.05) is 25.8 Å². The van der Waals surface area contributed by atoms with Gasteiger partial charge in [-0.3, -0.25) is 0 Å². The molecule has 1 N–H and O–H groups in total. The summed E-state index contributed by atoms with van der Waals surface area (Å²) in [5.74, 6) is 1.39. The van der Waals surface area contributed by atoms with Crippen LogP contribution in [0.1, 0.15) is 12.0 Å². The van der Waals surface area contributed by atoms with E-state index in [4.69, 9.17) is 0 Å². The molecule has 0 unspecified atom stereocenters. The fourth-order valence-corrected chi connectivity index (χ4v) is 3.35. The van der Waals surface area contributed by atoms with Crippen molar-refractivity contribution in [3.63, 3.8) is 0 Å². The van der Waals surface area contributed by atoms with Crippen LogP contribution in [0.3, 0.4) is 0 Å². The van der Waals surface area contributed by atoms with Crippen LogP contribution in [-0.4, -0.2) is 45.0 Å². The van der Waals surface area contributed by atoms with E-state index in [0.29, 0.717) is 18.7 Å². The van der Waals surface area contributed by atoms with E-state index in [9.17, 15) is 8.42 Å². The minimum Gasteiger partial charge on any atom is -0.356 e. The standard InChI is InChI=1S/C12H19N3O2S/c1-13-9-11-3-4-12(14-10-11)15-5-2-7-18(16,17)8-6-15/h3-4,10,13H,2,5-9H2,1H3. The molecule has 2 heterocycles. The van der Waals surface area contributed by atoms with Gasteiger partial charge >= 0.3 is 0 Å². The summed E-state index contributed by atoms with van der Waals surface area (Å²) in [6.07, 6.45) is 2.52. The van der Waals surface area contributed by atoms with Crippen LogP contribution >= 0.6 is 0 Å². The summed E-state index contributed by atoms with van der Waals surface area (Å²) in [4.78, 5) is 6.45. The second-order valence-corrected chi connectivity index (χ2v) is 6.85. The molecular formula is C12H19N3O2S. The molecule has 0 radical (unpaired) electrons. The monoisotopic (exact) mass is 269 g/mol. The fraction of sp³-hybridized carbons (Fsp3) is 0.583. The molecule has 0 atom stereocenters. The second kappa shape index (κ2) is 5.67. The van der Waals surface area contributed by atoms with Crippen LogP contribution in [0.5, 0.6) is 0 Å². The van der Waals surface area contributed by atoms with Gasteiger partial charge < -0.3 is 10.2 Å². The largest absolute Gasteiger partial charge is 0.356 e. The SMILES string of the molecule is CNCc1ccc(N2CCCS(=O)(=O)CC2)nc1. The number of pyridine rings is 1. The van der Waals surface area contributed by atoms with E-state index >= 15 is 0 Å². The smallest absolute Gasteiger partial charge is 0.152 e. The van der Waals surface area contributed by atoms with E-state index in [-0.39, 0.29) is 5.75 Å². The molecule has 1 saturated heterocycles. The van der Waals surface area contributed by atoms with Crippen LogP contribution in [0, 0.1) is 0 Å². The first-order chi connectivity index (χ1) is 8.61. The average molecular weight is 269 g/mol. The highest BCUT2D eigenvalue weighted by Crippen LogP contribution is 2.15. The third-order valence-electron chi connectivity index (χ3n) is 3.07. The van der Waals surface area contributed by atoms with Gasteiger partial charge in [0.25, 0.3) is 0 Å². The first kappa shape index (κ1) is 13.3. The molecule has 2 rings (SSSR count). The predicted molar refractivity (Wildman–Crippen MR) is 72.5 cm³/mol. The Balaban J connectivity index is 2.07. The van der Waals surface area contributed by atoms with Gasteiger partial charge in [-0.05, 0) is 25.1 Å². The topological polar surface area (TPSA) is 62.3 Å². The van der Waals surface area contributed by atoms with Gasteiger partial charge in [-0.25, -0.2) is 13.4 Å². The fourth-order valence-electron chi connectivity index (χ4n) is 2.08. The predicted octanol–water partition coefficient (Wildman–Crippen LogP) is 0.426. The van der Waals surface area contributed by atoms with Crippen molar-refractivity contribution in [2.75, 3.05) is 36.5 Å². The Hall–Kier alpha value is -1.14. The third kappa shape index (κ3) is 3.43. The van der Waals surface area contributed by atoms with E-state index in [1.165, 1.54) is 0 Å². The molecule has 5 nitrogen and oxygen atoms in total. The summed E-state index contributed by atoms with van der Waals surface area (Å²) < 4.78 is 23.1. The summed E-state index contributed by atoms with van der Waals surface area (Å²) in [5, 5.41) is 3.07. The average Bonchev–Trinajstić information content (AvgIpc) is 2.52. The molecule has 0 saturated carbocycles. The molecule has 100 valence electrons. The van der Waals surface area contributed by atoms with Gasteiger partial charge in [-0.1, -0.05) is 6.07 Å². The lowest BCUT2D eigenvalue weighted by molar-refractivity contribution is 0.597. The van der Waals surface area contributed by atoms with Crippen molar-refractivity contribution in [3.05, 3.63) is 23.9 Å². The summed E-state index contributed by atoms with van der Waals surface area (Å²) in [5.41, 5.74) is 1.13. The van der Waals surface area contributed by atoms with E-state index < -0.39 is 9.84 Å². The lowest BCUT2D eigenvalue weighted by atomic mass is 10.2. The van der Waals surface area contributed by atoms with E-state index in [0.717, 1.165) is 24.5 Å². The maximum atomic E-state index is 11.5. The van der Waals surface area contributed by atoms with Gasteiger partial charge in [0.2, 0.25) is 0 Å². The highest BCUT2D eigenvalue weighted by Gasteiger charge is 2.19. The van der Waals surface area contributed by atoms with Gasteiger partial charge in [-0.15, -0.1) is 0 Å². The van der Waals surface area contributed by atoms with E-state index in [1.54, 1.807) is 0 Å². The summed E-state index contributed by atoms with van der Waals surface area (Å²) in [6, 6.07) is 3.99.